The van der Waals surface area contributed by atoms with E-state index < -0.39 is 0 Å². The highest BCUT2D eigenvalue weighted by Gasteiger charge is 2.12. The number of carbonyl (C=O) groups excluding carboxylic acids is 1. The second-order valence-electron chi connectivity index (χ2n) is 6.58. The Labute approximate surface area is 167 Å². The Morgan fingerprint density at radius 2 is 1.96 bits per heavy atom. The number of aliphatic hydroxyl groups excluding tert-OH is 1. The van der Waals surface area contributed by atoms with Gasteiger partial charge in [0.05, 0.1) is 18.1 Å². The lowest BCUT2D eigenvalue weighted by atomic mass is 10.1. The number of rotatable bonds is 7. The number of anilines is 1. The summed E-state index contributed by atoms with van der Waals surface area (Å²) in [6, 6.07) is 12.1. The first-order valence-corrected chi connectivity index (χ1v) is 9.84. The molecule has 0 saturated carbocycles. The van der Waals surface area contributed by atoms with Crippen molar-refractivity contribution in [1.82, 2.24) is 9.55 Å². The van der Waals surface area contributed by atoms with E-state index in [-0.39, 0.29) is 24.1 Å². The van der Waals surface area contributed by atoms with E-state index in [2.05, 4.69) is 10.3 Å². The van der Waals surface area contributed by atoms with Crippen LogP contribution in [0.4, 0.5) is 10.1 Å². The fourth-order valence-electron chi connectivity index (χ4n) is 2.73. The molecule has 7 heteroatoms. The maximum absolute atomic E-state index is 13.1. The third kappa shape index (κ3) is 5.21. The van der Waals surface area contributed by atoms with Gasteiger partial charge in [0.25, 0.3) is 0 Å². The lowest BCUT2D eigenvalue weighted by Crippen LogP contribution is -2.15. The van der Waals surface area contributed by atoms with Crippen LogP contribution in [-0.4, -0.2) is 26.3 Å². The third-order valence-corrected chi connectivity index (χ3v) is 5.21. The van der Waals surface area contributed by atoms with Crippen LogP contribution in [0, 0.1) is 19.7 Å². The molecule has 0 aliphatic carbocycles. The number of hydrogen-bond acceptors (Lipinski definition) is 4. The molecule has 0 spiro atoms. The molecule has 1 aromatic heterocycles. The molecule has 3 aromatic rings. The smallest absolute Gasteiger partial charge is 0.234 e. The zero-order chi connectivity index (χ0) is 20.1. The Balaban J connectivity index is 1.67. The lowest BCUT2D eigenvalue weighted by Gasteiger charge is -2.10. The standard InChI is InChI=1S/C21H22FN3O2S/c1-14-3-4-15(2)19(9-14)24-20(27)13-28-21-23-18(12-26)11-25(21)10-16-5-7-17(22)8-6-16/h3-9,11,26H,10,12-13H2,1-2H3,(H,24,27). The first-order chi connectivity index (χ1) is 13.4. The molecule has 0 aliphatic rings. The summed E-state index contributed by atoms with van der Waals surface area (Å²) in [6.45, 7) is 4.23. The molecule has 2 aromatic carbocycles. The minimum absolute atomic E-state index is 0.124. The van der Waals surface area contributed by atoms with Crippen LogP contribution in [0.15, 0.2) is 53.8 Å². The van der Waals surface area contributed by atoms with Crippen LogP contribution in [0.2, 0.25) is 0 Å². The van der Waals surface area contributed by atoms with Gasteiger partial charge in [0.15, 0.2) is 5.16 Å². The van der Waals surface area contributed by atoms with Crippen LogP contribution >= 0.6 is 11.8 Å². The van der Waals surface area contributed by atoms with Gasteiger partial charge in [-0.05, 0) is 48.7 Å². The summed E-state index contributed by atoms with van der Waals surface area (Å²) in [7, 11) is 0. The average molecular weight is 399 g/mol. The van der Waals surface area contributed by atoms with Gasteiger partial charge in [0, 0.05) is 18.4 Å². The lowest BCUT2D eigenvalue weighted by molar-refractivity contribution is -0.113. The minimum Gasteiger partial charge on any atom is -0.390 e. The highest BCUT2D eigenvalue weighted by Crippen LogP contribution is 2.21. The maximum Gasteiger partial charge on any atom is 0.234 e. The van der Waals surface area contributed by atoms with Crippen molar-refractivity contribution in [3.05, 3.63) is 76.9 Å². The minimum atomic E-state index is -0.289. The number of thioether (sulfide) groups is 1. The molecule has 0 radical (unpaired) electrons. The van der Waals surface area contributed by atoms with Gasteiger partial charge >= 0.3 is 0 Å². The molecule has 2 N–H and O–H groups in total. The van der Waals surface area contributed by atoms with E-state index in [9.17, 15) is 14.3 Å². The first-order valence-electron chi connectivity index (χ1n) is 8.86. The van der Waals surface area contributed by atoms with E-state index in [1.54, 1.807) is 18.3 Å². The predicted octanol–water partition coefficient (Wildman–Crippen LogP) is 3.91. The number of nitrogens with one attached hydrogen (secondary N) is 1. The van der Waals surface area contributed by atoms with Crippen molar-refractivity contribution in [1.29, 1.82) is 0 Å². The Morgan fingerprint density at radius 1 is 1.21 bits per heavy atom. The Bertz CT molecular complexity index is 970. The monoisotopic (exact) mass is 399 g/mol. The van der Waals surface area contributed by atoms with Crippen LogP contribution in [-0.2, 0) is 17.9 Å². The van der Waals surface area contributed by atoms with Crippen LogP contribution in [0.1, 0.15) is 22.4 Å². The van der Waals surface area contributed by atoms with E-state index in [4.69, 9.17) is 0 Å². The summed E-state index contributed by atoms with van der Waals surface area (Å²) >= 11 is 1.30. The molecule has 0 bridgehead atoms. The number of aliphatic hydroxyl groups is 1. The molecule has 0 unspecified atom stereocenters. The summed E-state index contributed by atoms with van der Waals surface area (Å²) in [5.41, 5.74) is 4.32. The molecular formula is C21H22FN3O2S. The normalized spacial score (nSPS) is 10.9. The highest BCUT2D eigenvalue weighted by atomic mass is 32.2. The van der Waals surface area contributed by atoms with Gasteiger partial charge in [0.2, 0.25) is 5.91 Å². The third-order valence-electron chi connectivity index (χ3n) is 4.22. The van der Waals surface area contributed by atoms with Gasteiger partial charge in [-0.25, -0.2) is 9.37 Å². The number of nitrogens with zero attached hydrogens (tertiary/aromatic N) is 2. The Hall–Kier alpha value is -2.64. The molecule has 1 heterocycles. The van der Waals surface area contributed by atoms with E-state index in [1.165, 1.54) is 23.9 Å². The van der Waals surface area contributed by atoms with Crippen molar-refractivity contribution in [3.63, 3.8) is 0 Å². The number of hydrogen-bond donors (Lipinski definition) is 2. The van der Waals surface area contributed by atoms with Crippen LogP contribution in [0.3, 0.4) is 0 Å². The highest BCUT2D eigenvalue weighted by molar-refractivity contribution is 7.99. The number of imidazole rings is 1. The molecular weight excluding hydrogens is 377 g/mol. The zero-order valence-corrected chi connectivity index (χ0v) is 16.6. The molecule has 0 fully saturated rings. The van der Waals surface area contributed by atoms with Crippen molar-refractivity contribution in [2.24, 2.45) is 0 Å². The van der Waals surface area contributed by atoms with E-state index in [0.29, 0.717) is 17.4 Å². The average Bonchev–Trinajstić information content (AvgIpc) is 3.07. The molecule has 1 amide bonds. The SMILES string of the molecule is Cc1ccc(C)c(NC(=O)CSc2nc(CO)cn2Cc2ccc(F)cc2)c1. The Morgan fingerprint density at radius 3 is 2.68 bits per heavy atom. The van der Waals surface area contributed by atoms with Crippen molar-refractivity contribution in [2.75, 3.05) is 11.1 Å². The van der Waals surface area contributed by atoms with Gasteiger partial charge in [-0.3, -0.25) is 4.79 Å². The number of aryl methyl sites for hydroxylation is 2. The van der Waals surface area contributed by atoms with E-state index >= 15 is 0 Å². The molecule has 3 rings (SSSR count). The van der Waals surface area contributed by atoms with Crippen LogP contribution in [0.25, 0.3) is 0 Å². The number of aromatic nitrogens is 2. The van der Waals surface area contributed by atoms with Gasteiger partial charge in [-0.1, -0.05) is 36.0 Å². The first kappa shape index (κ1) is 20.1. The summed E-state index contributed by atoms with van der Waals surface area (Å²) in [6.07, 6.45) is 1.74. The number of halogens is 1. The quantitative estimate of drug-likeness (QED) is 0.591. The number of carbonyl (C=O) groups is 1. The van der Waals surface area contributed by atoms with Gasteiger partial charge in [-0.15, -0.1) is 0 Å². The molecule has 0 aliphatic heterocycles. The molecule has 0 atom stereocenters. The van der Waals surface area contributed by atoms with Crippen LogP contribution in [0.5, 0.6) is 0 Å². The van der Waals surface area contributed by atoms with Gasteiger partial charge in [-0.2, -0.15) is 0 Å². The van der Waals surface area contributed by atoms with Gasteiger partial charge in [0.1, 0.15) is 5.82 Å². The molecule has 0 saturated heterocycles. The zero-order valence-electron chi connectivity index (χ0n) is 15.8. The molecule has 5 nitrogen and oxygen atoms in total. The predicted molar refractivity (Wildman–Crippen MR) is 109 cm³/mol. The van der Waals surface area contributed by atoms with Gasteiger partial charge < -0.3 is 15.0 Å². The topological polar surface area (TPSA) is 67.2 Å². The molecule has 28 heavy (non-hydrogen) atoms. The number of amides is 1. The largest absolute Gasteiger partial charge is 0.390 e. The van der Waals surface area contributed by atoms with E-state index in [1.807, 2.05) is 36.6 Å². The van der Waals surface area contributed by atoms with Crippen molar-refractivity contribution in [2.45, 2.75) is 32.2 Å². The summed E-state index contributed by atoms with van der Waals surface area (Å²) in [5, 5.41) is 13.0. The fourth-order valence-corrected chi connectivity index (χ4v) is 3.53. The molecule has 146 valence electrons. The number of benzene rings is 2. The Kier molecular flexibility index (Phi) is 6.49. The van der Waals surface area contributed by atoms with Crippen LogP contribution < -0.4 is 5.32 Å². The summed E-state index contributed by atoms with van der Waals surface area (Å²) in [5.74, 6) is -0.220. The van der Waals surface area contributed by atoms with Crippen molar-refractivity contribution in [3.8, 4) is 0 Å². The van der Waals surface area contributed by atoms with E-state index in [0.717, 1.165) is 22.4 Å². The second kappa shape index (κ2) is 9.03. The summed E-state index contributed by atoms with van der Waals surface area (Å²) < 4.78 is 15.0. The fraction of sp³-hybridized carbons (Fsp3) is 0.238. The second-order valence-corrected chi connectivity index (χ2v) is 7.53. The maximum atomic E-state index is 13.1. The van der Waals surface area contributed by atoms with Crippen molar-refractivity contribution >= 4 is 23.4 Å². The van der Waals surface area contributed by atoms with Crippen molar-refractivity contribution < 1.29 is 14.3 Å². The summed E-state index contributed by atoms with van der Waals surface area (Å²) in [4.78, 5) is 16.7.